The first kappa shape index (κ1) is 8.87. The largest absolute Gasteiger partial charge is 0.467 e. The van der Waals surface area contributed by atoms with Crippen molar-refractivity contribution in [3.63, 3.8) is 0 Å². The molecule has 64 valence electrons. The molecule has 1 fully saturated rings. The summed E-state index contributed by atoms with van der Waals surface area (Å²) in [6.07, 6.45) is 1.12. The number of hydrogen-bond donors (Lipinski definition) is 1. The molecule has 0 aromatic heterocycles. The number of methoxy groups -OCH3 is 1. The fraction of sp³-hybridized carbons (Fsp3) is 0.857. The predicted molar refractivity (Wildman–Crippen MR) is 45.5 cm³/mol. The van der Waals surface area contributed by atoms with Gasteiger partial charge in [-0.25, -0.2) is 4.79 Å². The van der Waals surface area contributed by atoms with Gasteiger partial charge in [0.1, 0.15) is 0 Å². The number of nitrogens with one attached hydrogen (secondary N) is 1. The number of thioether (sulfide) groups is 1. The van der Waals surface area contributed by atoms with Crippen LogP contribution in [0.5, 0.6) is 0 Å². The van der Waals surface area contributed by atoms with E-state index in [1.165, 1.54) is 7.11 Å². The molecule has 0 aromatic rings. The van der Waals surface area contributed by atoms with Crippen molar-refractivity contribution in [2.45, 2.75) is 24.0 Å². The highest BCUT2D eigenvalue weighted by Gasteiger charge is 2.25. The first-order chi connectivity index (χ1) is 5.24. The van der Waals surface area contributed by atoms with Gasteiger partial charge in [0.25, 0.3) is 0 Å². The van der Waals surface area contributed by atoms with Crippen molar-refractivity contribution in [3.05, 3.63) is 0 Å². The third kappa shape index (κ3) is 2.38. The average molecular weight is 175 g/mol. The second-order valence-corrected chi connectivity index (χ2v) is 4.14. The van der Waals surface area contributed by atoms with Crippen LogP contribution >= 0.6 is 11.8 Å². The molecule has 0 spiro atoms. The number of ether oxygens (including phenoxy) is 1. The van der Waals surface area contributed by atoms with Crippen molar-refractivity contribution in [1.29, 1.82) is 0 Å². The summed E-state index contributed by atoms with van der Waals surface area (Å²) in [5.41, 5.74) is 0. The van der Waals surface area contributed by atoms with E-state index in [4.69, 9.17) is 0 Å². The van der Waals surface area contributed by atoms with Crippen LogP contribution in [0, 0.1) is 0 Å². The maximum atomic E-state index is 11.0. The first-order valence-corrected chi connectivity index (χ1v) is 4.65. The van der Waals surface area contributed by atoms with Crippen molar-refractivity contribution in [3.8, 4) is 0 Å². The van der Waals surface area contributed by atoms with Gasteiger partial charge in [0.05, 0.1) is 7.11 Å². The van der Waals surface area contributed by atoms with Gasteiger partial charge >= 0.3 is 5.97 Å². The number of esters is 1. The summed E-state index contributed by atoms with van der Waals surface area (Å²) in [6.45, 7) is 3.04. The van der Waals surface area contributed by atoms with Crippen molar-refractivity contribution >= 4 is 17.7 Å². The van der Waals surface area contributed by atoms with Gasteiger partial charge in [0, 0.05) is 5.25 Å². The lowest BCUT2D eigenvalue weighted by atomic mass is 10.3. The number of hydrogen-bond acceptors (Lipinski definition) is 4. The quantitative estimate of drug-likeness (QED) is 0.592. The van der Waals surface area contributed by atoms with E-state index in [0.29, 0.717) is 5.25 Å². The fourth-order valence-corrected chi connectivity index (χ4v) is 2.15. The Hall–Kier alpha value is -0.220. The molecule has 3 nitrogen and oxygen atoms in total. The van der Waals surface area contributed by atoms with Crippen LogP contribution < -0.4 is 5.32 Å². The zero-order valence-corrected chi connectivity index (χ0v) is 7.61. The normalized spacial score (nSPS) is 31.5. The highest BCUT2D eigenvalue weighted by Crippen LogP contribution is 2.22. The monoisotopic (exact) mass is 175 g/mol. The Bertz CT molecular complexity index is 151. The van der Waals surface area contributed by atoms with Crippen molar-refractivity contribution < 1.29 is 9.53 Å². The Morgan fingerprint density at radius 2 is 2.45 bits per heavy atom. The molecule has 0 amide bonds. The van der Waals surface area contributed by atoms with Gasteiger partial charge in [-0.3, -0.25) is 5.32 Å². The van der Waals surface area contributed by atoms with E-state index >= 15 is 0 Å². The average Bonchev–Trinajstić information content (AvgIpc) is 2.03. The van der Waals surface area contributed by atoms with Crippen LogP contribution in [0.4, 0.5) is 0 Å². The SMILES string of the molecule is COC(=O)C1NCCC(C)S1. The van der Waals surface area contributed by atoms with E-state index in [1.807, 2.05) is 0 Å². The molecule has 1 heterocycles. The van der Waals surface area contributed by atoms with Crippen molar-refractivity contribution in [1.82, 2.24) is 5.32 Å². The zero-order chi connectivity index (χ0) is 8.27. The second-order valence-electron chi connectivity index (χ2n) is 2.59. The number of carbonyl (C=O) groups is 1. The minimum absolute atomic E-state index is 0.149. The van der Waals surface area contributed by atoms with Gasteiger partial charge in [-0.1, -0.05) is 6.92 Å². The maximum absolute atomic E-state index is 11.0. The lowest BCUT2D eigenvalue weighted by molar-refractivity contribution is -0.140. The molecule has 2 unspecified atom stereocenters. The number of carbonyl (C=O) groups excluding carboxylic acids is 1. The van der Waals surface area contributed by atoms with Crippen LogP contribution in [0.15, 0.2) is 0 Å². The molecule has 1 rings (SSSR count). The molecule has 1 aliphatic heterocycles. The van der Waals surface area contributed by atoms with Gasteiger partial charge in [-0.2, -0.15) is 0 Å². The minimum Gasteiger partial charge on any atom is -0.467 e. The summed E-state index contributed by atoms with van der Waals surface area (Å²) >= 11 is 1.63. The van der Waals surface area contributed by atoms with Crippen LogP contribution in [0.25, 0.3) is 0 Å². The highest BCUT2D eigenvalue weighted by atomic mass is 32.2. The van der Waals surface area contributed by atoms with E-state index in [1.54, 1.807) is 11.8 Å². The summed E-state index contributed by atoms with van der Waals surface area (Å²) in [5.74, 6) is -0.165. The second kappa shape index (κ2) is 3.97. The van der Waals surface area contributed by atoms with Gasteiger partial charge in [-0.15, -0.1) is 11.8 Å². The Balaban J connectivity index is 2.39. The Morgan fingerprint density at radius 1 is 1.73 bits per heavy atom. The molecular formula is C7H13NO2S. The summed E-state index contributed by atoms with van der Waals surface area (Å²) in [5, 5.41) is 3.50. The summed E-state index contributed by atoms with van der Waals surface area (Å²) in [6, 6.07) is 0. The van der Waals surface area contributed by atoms with E-state index in [2.05, 4.69) is 17.0 Å². The molecule has 0 aliphatic carbocycles. The topological polar surface area (TPSA) is 38.3 Å². The third-order valence-corrected chi connectivity index (χ3v) is 3.00. The molecule has 0 saturated carbocycles. The first-order valence-electron chi connectivity index (χ1n) is 3.70. The molecule has 0 aromatic carbocycles. The van der Waals surface area contributed by atoms with Gasteiger partial charge < -0.3 is 4.74 Å². The lowest BCUT2D eigenvalue weighted by Crippen LogP contribution is -2.41. The van der Waals surface area contributed by atoms with Crippen LogP contribution in [0.1, 0.15) is 13.3 Å². The molecule has 1 saturated heterocycles. The molecule has 1 N–H and O–H groups in total. The maximum Gasteiger partial charge on any atom is 0.333 e. The molecule has 1 aliphatic rings. The fourth-order valence-electron chi connectivity index (χ4n) is 1.01. The van der Waals surface area contributed by atoms with Crippen LogP contribution in [-0.4, -0.2) is 30.2 Å². The van der Waals surface area contributed by atoms with E-state index < -0.39 is 0 Å². The standard InChI is InChI=1S/C7H13NO2S/c1-5-3-4-8-6(11-5)7(9)10-2/h5-6,8H,3-4H2,1-2H3. The molecule has 4 heteroatoms. The zero-order valence-electron chi connectivity index (χ0n) is 6.79. The molecule has 0 bridgehead atoms. The minimum atomic E-state index is -0.165. The smallest absolute Gasteiger partial charge is 0.333 e. The van der Waals surface area contributed by atoms with E-state index in [9.17, 15) is 4.79 Å². The molecule has 11 heavy (non-hydrogen) atoms. The van der Waals surface area contributed by atoms with Crippen LogP contribution in [0.3, 0.4) is 0 Å². The van der Waals surface area contributed by atoms with E-state index in [0.717, 1.165) is 13.0 Å². The molecule has 2 atom stereocenters. The predicted octanol–water partition coefficient (Wildman–Crippen LogP) is 0.600. The Labute approximate surface area is 70.9 Å². The highest BCUT2D eigenvalue weighted by molar-refractivity contribution is 8.01. The van der Waals surface area contributed by atoms with Crippen LogP contribution in [0.2, 0.25) is 0 Å². The van der Waals surface area contributed by atoms with Crippen LogP contribution in [-0.2, 0) is 9.53 Å². The summed E-state index contributed by atoms with van der Waals surface area (Å²) in [7, 11) is 1.42. The molecular weight excluding hydrogens is 162 g/mol. The number of rotatable bonds is 1. The third-order valence-electron chi connectivity index (χ3n) is 1.66. The summed E-state index contributed by atoms with van der Waals surface area (Å²) < 4.78 is 4.62. The van der Waals surface area contributed by atoms with Crippen molar-refractivity contribution in [2.75, 3.05) is 13.7 Å². The lowest BCUT2D eigenvalue weighted by Gasteiger charge is -2.25. The van der Waals surface area contributed by atoms with Crippen molar-refractivity contribution in [2.24, 2.45) is 0 Å². The summed E-state index contributed by atoms with van der Waals surface area (Å²) in [4.78, 5) is 11.0. The Morgan fingerprint density at radius 3 is 3.00 bits per heavy atom. The van der Waals surface area contributed by atoms with Gasteiger partial charge in [0.2, 0.25) is 0 Å². The van der Waals surface area contributed by atoms with E-state index in [-0.39, 0.29) is 11.3 Å². The Kier molecular flexibility index (Phi) is 3.20. The molecule has 0 radical (unpaired) electrons. The van der Waals surface area contributed by atoms with Gasteiger partial charge in [0.15, 0.2) is 5.37 Å². The van der Waals surface area contributed by atoms with Gasteiger partial charge in [-0.05, 0) is 13.0 Å².